The van der Waals surface area contributed by atoms with Crippen molar-refractivity contribution in [2.45, 2.75) is 251 Å². The summed E-state index contributed by atoms with van der Waals surface area (Å²) >= 11 is 0. The summed E-state index contributed by atoms with van der Waals surface area (Å²) < 4.78 is 24.1. The van der Waals surface area contributed by atoms with Crippen LogP contribution < -0.4 is 41.4 Å². The average Bonchev–Trinajstić information content (AvgIpc) is 0.878. The Hall–Kier alpha value is -6.73. The number of hydrogen-bond donors (Lipinski definition) is 6. The molecule has 2 fully saturated rings. The zero-order chi connectivity index (χ0) is 67.2. The number of nitrogens with one attached hydrogen (secondary N) is 6. The molecule has 514 valence electrons. The zero-order valence-corrected chi connectivity index (χ0v) is 57.8. The first-order valence-corrected chi connectivity index (χ1v) is 35.1. The Morgan fingerprint density at radius 1 is 0.753 bits per heavy atom. The molecule has 93 heavy (non-hydrogen) atoms. The molecule has 6 amide bonds. The lowest BCUT2D eigenvalue weighted by atomic mass is 9.83. The first-order chi connectivity index (χ1) is 44.5. The lowest BCUT2D eigenvalue weighted by molar-refractivity contribution is -0.150. The molecule has 2 aliphatic carbocycles. The van der Waals surface area contributed by atoms with Gasteiger partial charge in [-0.1, -0.05) is 133 Å². The van der Waals surface area contributed by atoms with Gasteiger partial charge < -0.3 is 60.6 Å². The van der Waals surface area contributed by atoms with Crippen LogP contribution in [0.25, 0.3) is 0 Å². The molecule has 0 radical (unpaired) electrons. The minimum absolute atomic E-state index is 0.0149. The lowest BCUT2D eigenvalue weighted by Gasteiger charge is -2.36. The molecule has 6 N–H and O–H groups in total. The van der Waals surface area contributed by atoms with E-state index in [1.807, 2.05) is 78.8 Å². The number of para-hydroxylation sites is 2. The molecule has 0 saturated heterocycles. The molecule has 5 aliphatic rings. The number of carbonyl (C=O) groups excluding carboxylic acids is 7. The average molecular weight is 1290 g/mol. The van der Waals surface area contributed by atoms with Crippen LogP contribution in [0.2, 0.25) is 0 Å². The molecule has 19 heteroatoms. The van der Waals surface area contributed by atoms with Crippen molar-refractivity contribution in [3.63, 3.8) is 0 Å². The van der Waals surface area contributed by atoms with E-state index in [4.69, 9.17) is 18.9 Å². The molecular formula is C74H112N8O11. The first kappa shape index (κ1) is 73.7. The number of likely N-dealkylation sites (N-methyl/N-ethyl adjacent to an activating group) is 2. The van der Waals surface area contributed by atoms with Gasteiger partial charge in [0.15, 0.2) is 0 Å². The van der Waals surface area contributed by atoms with Crippen molar-refractivity contribution in [3.05, 3.63) is 94.5 Å². The van der Waals surface area contributed by atoms with Gasteiger partial charge in [-0.15, -0.1) is 0 Å². The number of nitrogens with zero attached hydrogens (tertiary/aromatic N) is 2. The van der Waals surface area contributed by atoms with E-state index in [0.29, 0.717) is 39.0 Å². The van der Waals surface area contributed by atoms with Crippen LogP contribution in [0.15, 0.2) is 66.7 Å². The summed E-state index contributed by atoms with van der Waals surface area (Å²) in [4.78, 5) is 96.5. The third kappa shape index (κ3) is 22.7. The molecule has 8 rings (SSSR count). The van der Waals surface area contributed by atoms with Crippen molar-refractivity contribution < 1.29 is 52.5 Å². The number of aryl methyl sites for hydroxylation is 4. The quantitative estimate of drug-likeness (QED) is 0.0457. The van der Waals surface area contributed by atoms with Crippen molar-refractivity contribution in [2.24, 2.45) is 23.7 Å². The van der Waals surface area contributed by atoms with Gasteiger partial charge in [0.2, 0.25) is 29.5 Å². The van der Waals surface area contributed by atoms with E-state index in [2.05, 4.69) is 68.3 Å². The number of rotatable bonds is 20. The minimum Gasteiger partial charge on any atom is -0.489 e. The number of fused-ring (bicyclic) bond motifs is 2. The summed E-state index contributed by atoms with van der Waals surface area (Å²) in [7, 11) is 3.38. The molecule has 0 unspecified atom stereocenters. The SMILES string of the molecule is CC(C)C[C@@H](NC(=O)[C@@H](C)N(C)C(=O)[C@@H](NC[C@H]1CCc2cccc(CCCNC(=O)OC(C)(C)C)c2O1)C1CCCCC1)C(=O)OCc1ccccc1.CC(C)C[C@H]1NC(=O)[C@@H](C)N(C)C(=O)[C@H](C2CCCCC2)NC[C@H]2CCc3cccc(c3O2)CCCNC1=O. The molecule has 2 bridgehead atoms. The molecule has 3 aromatic rings. The van der Waals surface area contributed by atoms with Crippen molar-refractivity contribution in [3.8, 4) is 11.5 Å². The zero-order valence-electron chi connectivity index (χ0n) is 57.8. The van der Waals surface area contributed by atoms with Crippen LogP contribution in [0.5, 0.6) is 11.5 Å². The third-order valence-electron chi connectivity index (χ3n) is 19.0. The lowest BCUT2D eigenvalue weighted by Crippen LogP contribution is -2.58. The van der Waals surface area contributed by atoms with Crippen molar-refractivity contribution in [2.75, 3.05) is 40.3 Å². The number of alkyl carbamates (subject to hydrolysis) is 1. The van der Waals surface area contributed by atoms with Crippen LogP contribution in [0.1, 0.15) is 193 Å². The summed E-state index contributed by atoms with van der Waals surface area (Å²) in [5, 5.41) is 18.9. The molecule has 0 aromatic heterocycles. The van der Waals surface area contributed by atoms with E-state index in [9.17, 15) is 33.6 Å². The number of ether oxygens (including phenoxy) is 4. The minimum atomic E-state index is -0.822. The maximum Gasteiger partial charge on any atom is 0.407 e. The van der Waals surface area contributed by atoms with E-state index in [-0.39, 0.29) is 72.2 Å². The summed E-state index contributed by atoms with van der Waals surface area (Å²) in [5.41, 5.74) is 4.99. The molecule has 8 atom stereocenters. The van der Waals surface area contributed by atoms with Crippen molar-refractivity contribution in [1.29, 1.82) is 0 Å². The molecule has 19 nitrogen and oxygen atoms in total. The van der Waals surface area contributed by atoms with Gasteiger partial charge in [0.1, 0.15) is 60.1 Å². The van der Waals surface area contributed by atoms with E-state index in [1.165, 1.54) is 22.4 Å². The maximum absolute atomic E-state index is 14.3. The van der Waals surface area contributed by atoms with E-state index >= 15 is 0 Å². The highest BCUT2D eigenvalue weighted by Crippen LogP contribution is 2.35. The summed E-state index contributed by atoms with van der Waals surface area (Å²) in [6.45, 7) is 19.3. The van der Waals surface area contributed by atoms with Gasteiger partial charge in [-0.05, 0) is 176 Å². The second kappa shape index (κ2) is 36.2. The Kier molecular flexibility index (Phi) is 28.7. The van der Waals surface area contributed by atoms with E-state index in [0.717, 1.165) is 137 Å². The van der Waals surface area contributed by atoms with Crippen LogP contribution in [-0.2, 0) is 70.5 Å². The van der Waals surface area contributed by atoms with Crippen LogP contribution >= 0.6 is 0 Å². The highest BCUT2D eigenvalue weighted by atomic mass is 16.6. The Morgan fingerprint density at radius 2 is 1.41 bits per heavy atom. The number of esters is 1. The number of carbonyl (C=O) groups is 7. The Morgan fingerprint density at radius 3 is 2.09 bits per heavy atom. The smallest absolute Gasteiger partial charge is 0.407 e. The van der Waals surface area contributed by atoms with E-state index in [1.54, 1.807) is 32.8 Å². The molecule has 3 aromatic carbocycles. The van der Waals surface area contributed by atoms with Crippen LogP contribution in [-0.4, -0.2) is 146 Å². The van der Waals surface area contributed by atoms with Gasteiger partial charge in [-0.3, -0.25) is 24.0 Å². The van der Waals surface area contributed by atoms with Gasteiger partial charge in [0.25, 0.3) is 0 Å². The second-order valence-corrected chi connectivity index (χ2v) is 28.6. The third-order valence-corrected chi connectivity index (χ3v) is 19.0. The maximum atomic E-state index is 14.3. The van der Waals surface area contributed by atoms with Gasteiger partial charge in [0.05, 0.1) is 12.1 Å². The van der Waals surface area contributed by atoms with Gasteiger partial charge in [-0.2, -0.15) is 0 Å². The van der Waals surface area contributed by atoms with Gasteiger partial charge in [0, 0.05) is 40.3 Å². The van der Waals surface area contributed by atoms with Gasteiger partial charge in [-0.25, -0.2) is 9.59 Å². The van der Waals surface area contributed by atoms with Crippen molar-refractivity contribution >= 4 is 41.6 Å². The summed E-state index contributed by atoms with van der Waals surface area (Å²) in [5.74, 6) is 1.08. The number of benzene rings is 3. The normalized spacial score (nSPS) is 22.1. The standard InChI is InChI=1S/C43H64N4O7.C31H48N4O4/c1-29(2)26-36(41(50)52-28-31-16-10-8-11-17-31)46-39(48)30(3)47(7)40(49)37(32-18-12-9-13-19-32)45-27-35-24-23-34-21-14-20-33(38(34)53-35)22-15-25-44-42(51)54-43(4,5)6;1-20(2)18-26-30(37)32-17-9-14-23-12-8-13-24-15-16-25(39-28(23)24)19-33-27(22-10-6-5-7-11-22)31(38)35(4)21(3)29(36)34-26/h8,10-11,14,16-17,20-21,29-30,32,35-37,45H,9,12-13,15,18-19,22-28H2,1-7H3,(H,44,51)(H,46,48);8,12-13,20-22,25-27,33H,5-7,9-11,14-19H2,1-4H3,(H,32,37)(H,34,36)/t30-,35-,36-,37+;21-,25-,26-,27+/m11/s1. The topological polar surface area (TPSA) is 235 Å². The largest absolute Gasteiger partial charge is 0.489 e. The first-order valence-electron chi connectivity index (χ1n) is 35.1. The summed E-state index contributed by atoms with van der Waals surface area (Å²) in [6.07, 6.45) is 17.7. The molecule has 0 spiro atoms. The molecule has 3 heterocycles. The van der Waals surface area contributed by atoms with Crippen LogP contribution in [0, 0.1) is 23.7 Å². The van der Waals surface area contributed by atoms with Crippen LogP contribution in [0.4, 0.5) is 4.79 Å². The molecule has 2 saturated carbocycles. The fraction of sp³-hybridized carbons (Fsp3) is 0.662. The summed E-state index contributed by atoms with van der Waals surface area (Å²) in [6, 6.07) is 18.2. The predicted molar refractivity (Wildman–Crippen MR) is 362 cm³/mol. The van der Waals surface area contributed by atoms with Gasteiger partial charge >= 0.3 is 12.1 Å². The highest BCUT2D eigenvalue weighted by molar-refractivity contribution is 5.93. The second-order valence-electron chi connectivity index (χ2n) is 28.6. The number of hydrogen-bond acceptors (Lipinski definition) is 13. The highest BCUT2D eigenvalue weighted by Gasteiger charge is 2.39. The van der Waals surface area contributed by atoms with E-state index < -0.39 is 53.8 Å². The Bertz CT molecular complexity index is 2900. The Balaban J connectivity index is 0.000000277. The number of amides is 6. The predicted octanol–water partition coefficient (Wildman–Crippen LogP) is 9.86. The van der Waals surface area contributed by atoms with Crippen LogP contribution in [0.3, 0.4) is 0 Å². The Labute approximate surface area is 554 Å². The molecular weight excluding hydrogens is 1180 g/mol. The molecule has 3 aliphatic heterocycles. The fourth-order valence-electron chi connectivity index (χ4n) is 13.5. The monoisotopic (exact) mass is 1290 g/mol. The fourth-order valence-corrected chi connectivity index (χ4v) is 13.5. The van der Waals surface area contributed by atoms with Crippen molar-refractivity contribution in [1.82, 2.24) is 41.7 Å².